The van der Waals surface area contributed by atoms with E-state index < -0.39 is 0 Å². The number of carbonyl (C=O) groups is 3. The fourth-order valence-corrected chi connectivity index (χ4v) is 5.91. The van der Waals surface area contributed by atoms with Crippen molar-refractivity contribution in [1.82, 2.24) is 20.1 Å². The molecule has 42 heavy (non-hydrogen) atoms. The Hall–Kier alpha value is -4.31. The van der Waals surface area contributed by atoms with Crippen molar-refractivity contribution < 1.29 is 14.4 Å². The van der Waals surface area contributed by atoms with Crippen LogP contribution < -0.4 is 16.0 Å². The van der Waals surface area contributed by atoms with Gasteiger partial charge in [0.2, 0.25) is 22.9 Å². The first-order valence-corrected chi connectivity index (χ1v) is 15.3. The zero-order valence-electron chi connectivity index (χ0n) is 23.8. The van der Waals surface area contributed by atoms with Gasteiger partial charge in [-0.3, -0.25) is 14.4 Å². The molecule has 3 heterocycles. The average molecular weight is 585 g/mol. The molecule has 9 nitrogen and oxygen atoms in total. The van der Waals surface area contributed by atoms with Crippen molar-refractivity contribution in [3.63, 3.8) is 0 Å². The van der Waals surface area contributed by atoms with Crippen LogP contribution in [0.3, 0.4) is 0 Å². The lowest BCUT2D eigenvalue weighted by atomic mass is 10.0. The van der Waals surface area contributed by atoms with Crippen LogP contribution >= 0.6 is 11.3 Å². The Morgan fingerprint density at radius 3 is 2.60 bits per heavy atom. The van der Waals surface area contributed by atoms with Gasteiger partial charge < -0.3 is 20.5 Å². The van der Waals surface area contributed by atoms with Crippen LogP contribution in [-0.2, 0) is 46.5 Å². The highest BCUT2D eigenvalue weighted by atomic mass is 32.1. The summed E-state index contributed by atoms with van der Waals surface area (Å²) in [5.74, 6) is 0.277. The topological polar surface area (TPSA) is 118 Å². The first-order valence-electron chi connectivity index (χ1n) is 14.5. The van der Waals surface area contributed by atoms with Gasteiger partial charge in [-0.2, -0.15) is 0 Å². The highest BCUT2D eigenvalue weighted by Crippen LogP contribution is 2.27. The van der Waals surface area contributed by atoms with Gasteiger partial charge in [-0.1, -0.05) is 61.1 Å². The number of nitrogens with zero attached hydrogens (tertiary/aromatic N) is 3. The zero-order valence-corrected chi connectivity index (χ0v) is 24.6. The van der Waals surface area contributed by atoms with Crippen molar-refractivity contribution >= 4 is 40.0 Å². The molecule has 0 saturated carbocycles. The third kappa shape index (κ3) is 7.91. The fourth-order valence-electron chi connectivity index (χ4n) is 5.11. The largest absolute Gasteiger partial charge is 0.356 e. The molecule has 0 aliphatic carbocycles. The lowest BCUT2D eigenvalue weighted by molar-refractivity contribution is -0.120. The van der Waals surface area contributed by atoms with E-state index in [0.29, 0.717) is 17.5 Å². The molecule has 4 bridgehead atoms. The predicted molar refractivity (Wildman–Crippen MR) is 165 cm³/mol. The van der Waals surface area contributed by atoms with E-state index in [4.69, 9.17) is 0 Å². The second-order valence-corrected chi connectivity index (χ2v) is 11.6. The van der Waals surface area contributed by atoms with E-state index in [-0.39, 0.29) is 37.0 Å². The minimum absolute atomic E-state index is 0.0626. The number of amides is 3. The SMILES string of the molecule is CCCCNC(=O)Cc1cc2cc(c1)-n1c(ccc1NC(=O)Cc1ccccc1)CCCCc1nnc(s1)NC(=O)C2. The number of aromatic nitrogens is 3. The molecule has 2 aromatic carbocycles. The monoisotopic (exact) mass is 584 g/mol. The minimum Gasteiger partial charge on any atom is -0.356 e. The molecule has 218 valence electrons. The van der Waals surface area contributed by atoms with Gasteiger partial charge in [0.1, 0.15) is 10.8 Å². The third-order valence-electron chi connectivity index (χ3n) is 7.10. The Morgan fingerprint density at radius 2 is 1.76 bits per heavy atom. The van der Waals surface area contributed by atoms with Gasteiger partial charge in [-0.25, -0.2) is 0 Å². The molecule has 3 amide bonds. The van der Waals surface area contributed by atoms with Crippen molar-refractivity contribution in [3.05, 3.63) is 88.1 Å². The van der Waals surface area contributed by atoms with Crippen molar-refractivity contribution in [1.29, 1.82) is 0 Å². The maximum absolute atomic E-state index is 13.1. The standard InChI is InChI=1S/C32H36N6O3S/c1-2-3-15-33-28(39)20-23-16-24-18-26(17-23)38-25(11-7-8-12-31-36-37-32(42-31)35-30(41)21-24)13-14-27(38)34-29(40)19-22-9-5-4-6-10-22/h4-6,9-10,13-14,16-18H,2-3,7-8,11-12,15,19-21H2,1H3,(H,33,39)(H,34,40)(H,35,37,41). The minimum atomic E-state index is -0.202. The Kier molecular flexibility index (Phi) is 9.76. The van der Waals surface area contributed by atoms with Gasteiger partial charge in [0.25, 0.3) is 0 Å². The van der Waals surface area contributed by atoms with Crippen LogP contribution in [0.15, 0.2) is 60.7 Å². The van der Waals surface area contributed by atoms with Crippen LogP contribution in [0.4, 0.5) is 10.9 Å². The van der Waals surface area contributed by atoms with Gasteiger partial charge in [0.05, 0.1) is 19.3 Å². The van der Waals surface area contributed by atoms with Crippen molar-refractivity contribution in [2.45, 2.75) is 64.7 Å². The van der Waals surface area contributed by atoms with Gasteiger partial charge in [0, 0.05) is 24.3 Å². The number of nitrogens with one attached hydrogen (secondary N) is 3. The number of rotatable bonds is 8. The molecule has 1 aliphatic rings. The second-order valence-electron chi connectivity index (χ2n) is 10.6. The van der Waals surface area contributed by atoms with Crippen molar-refractivity contribution in [3.8, 4) is 5.69 Å². The number of benzene rings is 2. The van der Waals surface area contributed by atoms with Gasteiger partial charge in [-0.15, -0.1) is 10.2 Å². The maximum atomic E-state index is 13.1. The van der Waals surface area contributed by atoms with Crippen LogP contribution in [-0.4, -0.2) is 39.0 Å². The molecule has 0 fully saturated rings. The second kappa shape index (κ2) is 14.0. The molecule has 0 unspecified atom stereocenters. The molecule has 0 saturated heterocycles. The van der Waals surface area contributed by atoms with E-state index in [0.717, 1.165) is 71.6 Å². The molecule has 4 aromatic rings. The Bertz CT molecular complexity index is 1540. The molecule has 3 N–H and O–H groups in total. The Labute approximate surface area is 249 Å². The molecular formula is C32H36N6O3S. The van der Waals surface area contributed by atoms with Gasteiger partial charge in [-0.05, 0) is 66.6 Å². The molecule has 1 aliphatic heterocycles. The number of fused-ring (bicyclic) bond motifs is 6. The van der Waals surface area contributed by atoms with Crippen molar-refractivity contribution in [2.24, 2.45) is 0 Å². The first kappa shape index (κ1) is 29.2. The molecule has 10 heteroatoms. The predicted octanol–water partition coefficient (Wildman–Crippen LogP) is 5.03. The normalized spacial score (nSPS) is 13.3. The van der Waals surface area contributed by atoms with Crippen LogP contribution in [0.5, 0.6) is 0 Å². The summed E-state index contributed by atoms with van der Waals surface area (Å²) in [5, 5.41) is 18.7. The number of anilines is 2. The number of unbranched alkanes of at least 4 members (excludes halogenated alkanes) is 1. The lowest BCUT2D eigenvalue weighted by Gasteiger charge is -2.17. The summed E-state index contributed by atoms with van der Waals surface area (Å²) in [5.41, 5.74) is 4.34. The zero-order chi connectivity index (χ0) is 29.3. The van der Waals surface area contributed by atoms with Crippen LogP contribution in [0.2, 0.25) is 0 Å². The Morgan fingerprint density at radius 1 is 0.952 bits per heavy atom. The van der Waals surface area contributed by atoms with Crippen LogP contribution in [0, 0.1) is 0 Å². The van der Waals surface area contributed by atoms with E-state index in [1.807, 2.05) is 65.2 Å². The quantitative estimate of drug-likeness (QED) is 0.251. The number of hydrogen-bond donors (Lipinski definition) is 3. The fraction of sp³-hybridized carbons (Fsp3) is 0.344. The summed E-state index contributed by atoms with van der Waals surface area (Å²) in [6.45, 7) is 2.72. The first-order chi connectivity index (χ1) is 20.5. The molecule has 0 atom stereocenters. The van der Waals surface area contributed by atoms with Crippen LogP contribution in [0.25, 0.3) is 5.69 Å². The smallest absolute Gasteiger partial charge is 0.230 e. The molecule has 0 radical (unpaired) electrons. The number of aryl methyl sites for hydroxylation is 2. The lowest BCUT2D eigenvalue weighted by Crippen LogP contribution is -2.26. The molecular weight excluding hydrogens is 548 g/mol. The number of hydrogen-bond acceptors (Lipinski definition) is 6. The molecule has 0 spiro atoms. The summed E-state index contributed by atoms with van der Waals surface area (Å²) in [4.78, 5) is 38.9. The summed E-state index contributed by atoms with van der Waals surface area (Å²) < 4.78 is 2.05. The van der Waals surface area contributed by atoms with Gasteiger partial charge >= 0.3 is 0 Å². The summed E-state index contributed by atoms with van der Waals surface area (Å²) in [7, 11) is 0. The van der Waals surface area contributed by atoms with Crippen molar-refractivity contribution in [2.75, 3.05) is 17.2 Å². The van der Waals surface area contributed by atoms with E-state index in [1.165, 1.54) is 11.3 Å². The van der Waals surface area contributed by atoms with E-state index in [2.05, 4.69) is 33.1 Å². The summed E-state index contributed by atoms with van der Waals surface area (Å²) in [6, 6.07) is 19.4. The van der Waals surface area contributed by atoms with E-state index in [1.54, 1.807) is 0 Å². The number of carbonyl (C=O) groups excluding carboxylic acids is 3. The van der Waals surface area contributed by atoms with E-state index >= 15 is 0 Å². The van der Waals surface area contributed by atoms with Gasteiger partial charge in [0.15, 0.2) is 0 Å². The average Bonchev–Trinajstić information content (AvgIpc) is 3.57. The Balaban J connectivity index is 1.49. The van der Waals surface area contributed by atoms with Crippen LogP contribution in [0.1, 0.15) is 60.0 Å². The summed E-state index contributed by atoms with van der Waals surface area (Å²) in [6.07, 6.45) is 5.87. The summed E-state index contributed by atoms with van der Waals surface area (Å²) >= 11 is 1.40. The highest BCUT2D eigenvalue weighted by Gasteiger charge is 2.18. The molecule has 2 aromatic heterocycles. The molecule has 5 rings (SSSR count). The third-order valence-corrected chi connectivity index (χ3v) is 8.00. The highest BCUT2D eigenvalue weighted by molar-refractivity contribution is 7.15. The maximum Gasteiger partial charge on any atom is 0.230 e. The van der Waals surface area contributed by atoms with E-state index in [9.17, 15) is 14.4 Å².